The van der Waals surface area contributed by atoms with Crippen LogP contribution in [0.25, 0.3) is 0 Å². The zero-order valence-corrected chi connectivity index (χ0v) is 10.3. The maximum atomic E-state index is 4.22. The van der Waals surface area contributed by atoms with Crippen LogP contribution in [0.4, 0.5) is 5.82 Å². The molecule has 0 saturated carbocycles. The van der Waals surface area contributed by atoms with Crippen LogP contribution in [-0.4, -0.2) is 26.5 Å². The Bertz CT molecular complexity index is 429. The second kappa shape index (κ2) is 5.60. The summed E-state index contributed by atoms with van der Waals surface area (Å²) in [5.41, 5.74) is 0. The summed E-state index contributed by atoms with van der Waals surface area (Å²) in [6, 6.07) is 3.86. The van der Waals surface area contributed by atoms with Crippen LogP contribution in [0.5, 0.6) is 0 Å². The van der Waals surface area contributed by atoms with Crippen molar-refractivity contribution < 1.29 is 0 Å². The van der Waals surface area contributed by atoms with Gasteiger partial charge in [0.05, 0.1) is 10.7 Å². The number of hydrogen-bond donors (Lipinski definition) is 1. The normalized spacial score (nSPS) is 10.3. The van der Waals surface area contributed by atoms with Crippen LogP contribution in [0.2, 0.25) is 0 Å². The van der Waals surface area contributed by atoms with E-state index in [-0.39, 0.29) is 0 Å². The Morgan fingerprint density at radius 1 is 1.38 bits per heavy atom. The van der Waals surface area contributed by atoms with Gasteiger partial charge in [-0.05, 0) is 34.5 Å². The third-order valence-corrected chi connectivity index (χ3v) is 2.73. The Labute approximate surface area is 102 Å². The van der Waals surface area contributed by atoms with E-state index < -0.39 is 0 Å². The molecule has 2 rings (SSSR count). The fourth-order valence-corrected chi connectivity index (χ4v) is 1.71. The zero-order chi connectivity index (χ0) is 11.2. The molecule has 16 heavy (non-hydrogen) atoms. The third kappa shape index (κ3) is 3.03. The lowest BCUT2D eigenvalue weighted by molar-refractivity contribution is 0.569. The van der Waals surface area contributed by atoms with Crippen molar-refractivity contribution >= 4 is 21.7 Å². The molecule has 0 aromatic carbocycles. The first-order valence-electron chi connectivity index (χ1n) is 5.05. The molecule has 1 N–H and O–H groups in total. The van der Waals surface area contributed by atoms with Crippen LogP contribution in [-0.2, 0) is 6.54 Å². The average Bonchev–Trinajstić information content (AvgIpc) is 2.79. The van der Waals surface area contributed by atoms with Crippen molar-refractivity contribution in [3.8, 4) is 0 Å². The number of nitrogens with one attached hydrogen (secondary N) is 1. The van der Waals surface area contributed by atoms with Crippen LogP contribution in [0.15, 0.2) is 35.2 Å². The van der Waals surface area contributed by atoms with Gasteiger partial charge in [0.15, 0.2) is 0 Å². The number of rotatable bonds is 5. The molecule has 0 radical (unpaired) electrons. The van der Waals surface area contributed by atoms with Gasteiger partial charge < -0.3 is 5.32 Å². The van der Waals surface area contributed by atoms with Crippen molar-refractivity contribution in [1.82, 2.24) is 20.0 Å². The quantitative estimate of drug-likeness (QED) is 0.851. The molecule has 6 heteroatoms. The minimum absolute atomic E-state index is 0.857. The van der Waals surface area contributed by atoms with Gasteiger partial charge in [-0.3, -0.25) is 4.68 Å². The smallest absolute Gasteiger partial charge is 0.140 e. The Kier molecular flexibility index (Phi) is 3.87. The minimum atomic E-state index is 0.857. The van der Waals surface area contributed by atoms with Crippen LogP contribution in [0.1, 0.15) is 6.42 Å². The second-order valence-electron chi connectivity index (χ2n) is 3.28. The number of hydrogen-bond acceptors (Lipinski definition) is 4. The summed E-state index contributed by atoms with van der Waals surface area (Å²) in [7, 11) is 0. The van der Waals surface area contributed by atoms with E-state index in [4.69, 9.17) is 0 Å². The summed E-state index contributed by atoms with van der Waals surface area (Å²) < 4.78 is 2.80. The van der Waals surface area contributed by atoms with E-state index in [9.17, 15) is 0 Å². The largest absolute Gasteiger partial charge is 0.369 e. The molecule has 2 aromatic rings. The molecule has 2 heterocycles. The molecule has 0 bridgehead atoms. The van der Waals surface area contributed by atoms with Crippen molar-refractivity contribution in [2.45, 2.75) is 13.0 Å². The molecule has 0 aliphatic heterocycles. The van der Waals surface area contributed by atoms with E-state index >= 15 is 0 Å². The SMILES string of the molecule is Brc1cccnc1NCCCn1ccnn1. The number of pyridine rings is 1. The van der Waals surface area contributed by atoms with Gasteiger partial charge in [-0.2, -0.15) is 0 Å². The van der Waals surface area contributed by atoms with E-state index in [1.807, 2.05) is 23.0 Å². The van der Waals surface area contributed by atoms with Gasteiger partial charge in [-0.25, -0.2) is 4.98 Å². The third-order valence-electron chi connectivity index (χ3n) is 2.09. The fraction of sp³-hybridized carbons (Fsp3) is 0.300. The number of halogens is 1. The highest BCUT2D eigenvalue weighted by molar-refractivity contribution is 9.10. The Morgan fingerprint density at radius 3 is 3.06 bits per heavy atom. The first kappa shape index (κ1) is 11.1. The summed E-state index contributed by atoms with van der Waals surface area (Å²) in [6.45, 7) is 1.72. The van der Waals surface area contributed by atoms with Crippen LogP contribution in [0, 0.1) is 0 Å². The monoisotopic (exact) mass is 281 g/mol. The first-order valence-corrected chi connectivity index (χ1v) is 5.84. The Morgan fingerprint density at radius 2 is 2.31 bits per heavy atom. The van der Waals surface area contributed by atoms with Gasteiger partial charge in [-0.1, -0.05) is 5.21 Å². The predicted octanol–water partition coefficient (Wildman–Crippen LogP) is 1.94. The molecule has 2 aromatic heterocycles. The molecule has 0 fully saturated rings. The zero-order valence-electron chi connectivity index (χ0n) is 8.67. The van der Waals surface area contributed by atoms with Gasteiger partial charge in [0.25, 0.3) is 0 Å². The number of aromatic nitrogens is 4. The Hall–Kier alpha value is -1.43. The topological polar surface area (TPSA) is 55.6 Å². The van der Waals surface area contributed by atoms with E-state index in [0.717, 1.165) is 29.8 Å². The summed E-state index contributed by atoms with van der Waals surface area (Å²) >= 11 is 3.43. The summed E-state index contributed by atoms with van der Waals surface area (Å²) in [5.74, 6) is 0.876. The van der Waals surface area contributed by atoms with Gasteiger partial charge in [0.2, 0.25) is 0 Å². The molecule has 84 valence electrons. The lowest BCUT2D eigenvalue weighted by atomic mass is 10.4. The van der Waals surface area contributed by atoms with Crippen molar-refractivity contribution in [2.24, 2.45) is 0 Å². The van der Waals surface area contributed by atoms with Crippen LogP contribution < -0.4 is 5.32 Å². The molecule has 0 aliphatic carbocycles. The highest BCUT2D eigenvalue weighted by atomic mass is 79.9. The van der Waals surface area contributed by atoms with Crippen LogP contribution in [0.3, 0.4) is 0 Å². The van der Waals surface area contributed by atoms with Crippen molar-refractivity contribution in [3.63, 3.8) is 0 Å². The van der Waals surface area contributed by atoms with Gasteiger partial charge in [0, 0.05) is 25.5 Å². The molecule has 0 aliphatic rings. The lowest BCUT2D eigenvalue weighted by Gasteiger charge is -2.06. The van der Waals surface area contributed by atoms with Crippen molar-refractivity contribution in [3.05, 3.63) is 35.2 Å². The molecule has 0 spiro atoms. The van der Waals surface area contributed by atoms with Crippen LogP contribution >= 0.6 is 15.9 Å². The molecule has 0 unspecified atom stereocenters. The molecule has 0 amide bonds. The Balaban J connectivity index is 1.74. The van der Waals surface area contributed by atoms with Gasteiger partial charge in [-0.15, -0.1) is 5.10 Å². The number of aryl methyl sites for hydroxylation is 1. The van der Waals surface area contributed by atoms with Crippen molar-refractivity contribution in [2.75, 3.05) is 11.9 Å². The first-order chi connectivity index (χ1) is 7.86. The summed E-state index contributed by atoms with van der Waals surface area (Å²) in [4.78, 5) is 4.22. The van der Waals surface area contributed by atoms with Gasteiger partial charge in [0.1, 0.15) is 5.82 Å². The lowest BCUT2D eigenvalue weighted by Crippen LogP contribution is -2.08. The molecule has 0 saturated heterocycles. The maximum Gasteiger partial charge on any atom is 0.140 e. The van der Waals surface area contributed by atoms with E-state index in [1.54, 1.807) is 12.4 Å². The number of anilines is 1. The maximum absolute atomic E-state index is 4.22. The summed E-state index contributed by atoms with van der Waals surface area (Å²) in [6.07, 6.45) is 6.29. The fourth-order valence-electron chi connectivity index (χ4n) is 1.32. The van der Waals surface area contributed by atoms with E-state index in [2.05, 4.69) is 36.5 Å². The highest BCUT2D eigenvalue weighted by Crippen LogP contribution is 2.17. The van der Waals surface area contributed by atoms with E-state index in [1.165, 1.54) is 0 Å². The second-order valence-corrected chi connectivity index (χ2v) is 4.13. The average molecular weight is 282 g/mol. The van der Waals surface area contributed by atoms with E-state index in [0.29, 0.717) is 0 Å². The molecular formula is C10H12BrN5. The molecular weight excluding hydrogens is 270 g/mol. The molecule has 5 nitrogen and oxygen atoms in total. The standard InChI is InChI=1S/C10H12BrN5/c11-9-3-1-4-12-10(9)13-5-2-7-16-8-6-14-15-16/h1,3-4,6,8H,2,5,7H2,(H,12,13). The highest BCUT2D eigenvalue weighted by Gasteiger charge is 1.98. The summed E-state index contributed by atoms with van der Waals surface area (Å²) in [5, 5.41) is 10.9. The molecule has 0 atom stereocenters. The number of nitrogens with zero attached hydrogens (tertiary/aromatic N) is 4. The van der Waals surface area contributed by atoms with Gasteiger partial charge >= 0.3 is 0 Å². The van der Waals surface area contributed by atoms with Crippen molar-refractivity contribution in [1.29, 1.82) is 0 Å². The minimum Gasteiger partial charge on any atom is -0.369 e. The predicted molar refractivity (Wildman–Crippen MR) is 65.1 cm³/mol.